The van der Waals surface area contributed by atoms with Crippen molar-refractivity contribution in [3.8, 4) is 11.5 Å². The summed E-state index contributed by atoms with van der Waals surface area (Å²) in [6, 6.07) is 3.74. The number of benzene rings is 2. The Morgan fingerprint density at radius 3 is 2.17 bits per heavy atom. The molecule has 4 amide bonds. The lowest BCUT2D eigenvalue weighted by Crippen LogP contribution is -2.60. The minimum absolute atomic E-state index is 0.0194. The topological polar surface area (TPSA) is 113 Å². The Hall–Kier alpha value is -3.71. The third-order valence-electron chi connectivity index (χ3n) is 8.60. The highest BCUT2D eigenvalue weighted by atomic mass is 35.5. The van der Waals surface area contributed by atoms with E-state index >= 15 is 0 Å². The number of methoxy groups -OCH3 is 1. The van der Waals surface area contributed by atoms with Gasteiger partial charge >= 0.3 is 0 Å². The summed E-state index contributed by atoms with van der Waals surface area (Å²) in [5, 5.41) is 12.4. The van der Waals surface area contributed by atoms with Crippen LogP contribution in [0.4, 0.5) is 27.6 Å². The fraction of sp³-hybridized carbons (Fsp3) is 0.333. The number of ether oxygens (including phenoxy) is 1. The highest BCUT2D eigenvalue weighted by Gasteiger charge is 2.77. The molecule has 1 saturated carbocycles. The van der Waals surface area contributed by atoms with Crippen LogP contribution >= 0.6 is 23.2 Å². The number of phenols is 1. The molecule has 3 fully saturated rings. The Kier molecular flexibility index (Phi) is 6.18. The van der Waals surface area contributed by atoms with Gasteiger partial charge in [0.05, 0.1) is 18.9 Å². The Morgan fingerprint density at radius 2 is 1.55 bits per heavy atom. The molecule has 2 aromatic carbocycles. The molecule has 0 radical (unpaired) electrons. The van der Waals surface area contributed by atoms with Gasteiger partial charge in [0.15, 0.2) is 44.5 Å². The van der Waals surface area contributed by atoms with Gasteiger partial charge in [0.1, 0.15) is 5.69 Å². The SMILES string of the molecule is COc1cc([C@H]2C3=CC[C@@H]4C(=O)NC(=O)[C@@H]4[C@@H]3C[C@@]3(Cl)C(=O)N(c4c(F)c(F)c(F)c(F)c4F)C(=O)[C@@]23Cl)ccc1O. The molecular formula is C27H17Cl2F5N2O6. The number of anilines is 1. The number of aromatic hydroxyl groups is 1. The number of imide groups is 2. The van der Waals surface area contributed by atoms with E-state index in [2.05, 4.69) is 5.32 Å². The summed E-state index contributed by atoms with van der Waals surface area (Å²) in [6.45, 7) is 0. The van der Waals surface area contributed by atoms with Gasteiger partial charge in [-0.2, -0.15) is 0 Å². The molecule has 0 bridgehead atoms. The minimum Gasteiger partial charge on any atom is -0.504 e. The first-order chi connectivity index (χ1) is 19.7. The summed E-state index contributed by atoms with van der Waals surface area (Å²) < 4.78 is 77.3. The van der Waals surface area contributed by atoms with Crippen LogP contribution in [0.3, 0.4) is 0 Å². The normalized spacial score (nSPS) is 31.9. The molecule has 2 heterocycles. The molecule has 2 N–H and O–H groups in total. The lowest BCUT2D eigenvalue weighted by molar-refractivity contribution is -0.127. The maximum atomic E-state index is 15.0. The quantitative estimate of drug-likeness (QED) is 0.133. The summed E-state index contributed by atoms with van der Waals surface area (Å²) in [7, 11) is 1.22. The van der Waals surface area contributed by atoms with E-state index < -0.39 is 98.2 Å². The van der Waals surface area contributed by atoms with E-state index in [0.29, 0.717) is 0 Å². The molecule has 2 saturated heterocycles. The van der Waals surface area contributed by atoms with Gasteiger partial charge in [-0.1, -0.05) is 17.7 Å². The largest absolute Gasteiger partial charge is 0.504 e. The van der Waals surface area contributed by atoms with Crippen LogP contribution in [0.25, 0.3) is 0 Å². The van der Waals surface area contributed by atoms with Crippen molar-refractivity contribution in [1.29, 1.82) is 0 Å². The molecule has 42 heavy (non-hydrogen) atoms. The summed E-state index contributed by atoms with van der Waals surface area (Å²) >= 11 is 13.9. The molecular weight excluding hydrogens is 614 g/mol. The van der Waals surface area contributed by atoms with E-state index in [0.717, 1.165) is 0 Å². The molecule has 2 aliphatic heterocycles. The van der Waals surface area contributed by atoms with Crippen molar-refractivity contribution in [2.75, 3.05) is 12.0 Å². The first-order valence-electron chi connectivity index (χ1n) is 12.4. The lowest BCUT2D eigenvalue weighted by Gasteiger charge is -2.50. The van der Waals surface area contributed by atoms with Crippen LogP contribution in [0.5, 0.6) is 11.5 Å². The number of nitrogens with zero attached hydrogens (tertiary/aromatic N) is 1. The molecule has 6 rings (SSSR count). The number of fused-ring (bicyclic) bond motifs is 4. The lowest BCUT2D eigenvalue weighted by atomic mass is 9.56. The highest BCUT2D eigenvalue weighted by Crippen LogP contribution is 2.66. The fourth-order valence-electron chi connectivity index (χ4n) is 6.73. The Morgan fingerprint density at radius 1 is 0.929 bits per heavy atom. The van der Waals surface area contributed by atoms with Gasteiger partial charge in [-0.15, -0.1) is 23.2 Å². The number of hydrogen-bond acceptors (Lipinski definition) is 6. The highest BCUT2D eigenvalue weighted by molar-refractivity contribution is 6.58. The van der Waals surface area contributed by atoms with E-state index in [1.165, 1.54) is 25.3 Å². The van der Waals surface area contributed by atoms with Crippen molar-refractivity contribution in [2.45, 2.75) is 28.5 Å². The zero-order valence-electron chi connectivity index (χ0n) is 21.1. The maximum Gasteiger partial charge on any atom is 0.258 e. The molecule has 2 aromatic rings. The average Bonchev–Trinajstić information content (AvgIpc) is 3.33. The van der Waals surface area contributed by atoms with Gasteiger partial charge in [-0.25, -0.2) is 26.9 Å². The number of carbonyl (C=O) groups is 4. The Bertz CT molecular complexity index is 1660. The predicted octanol–water partition coefficient (Wildman–Crippen LogP) is 3.95. The molecule has 8 nitrogen and oxygen atoms in total. The van der Waals surface area contributed by atoms with Crippen LogP contribution in [0.15, 0.2) is 29.8 Å². The van der Waals surface area contributed by atoms with Gasteiger partial charge in [-0.05, 0) is 36.5 Å². The second-order valence-electron chi connectivity index (χ2n) is 10.5. The van der Waals surface area contributed by atoms with Gasteiger partial charge in [-0.3, -0.25) is 24.5 Å². The van der Waals surface area contributed by atoms with Crippen LogP contribution in [0.1, 0.15) is 24.3 Å². The predicted molar refractivity (Wildman–Crippen MR) is 134 cm³/mol. The smallest absolute Gasteiger partial charge is 0.258 e. The number of rotatable bonds is 3. The van der Waals surface area contributed by atoms with E-state index in [4.69, 9.17) is 27.9 Å². The third kappa shape index (κ3) is 3.34. The second-order valence-corrected chi connectivity index (χ2v) is 11.7. The van der Waals surface area contributed by atoms with Crippen molar-refractivity contribution in [1.82, 2.24) is 5.32 Å². The van der Waals surface area contributed by atoms with E-state index in [9.17, 15) is 46.2 Å². The van der Waals surface area contributed by atoms with Crippen molar-refractivity contribution >= 4 is 52.5 Å². The van der Waals surface area contributed by atoms with Crippen molar-refractivity contribution < 1.29 is 51.0 Å². The van der Waals surface area contributed by atoms with Gasteiger partial charge < -0.3 is 9.84 Å². The number of amides is 4. The number of phenolic OH excluding ortho intramolecular Hbond substituents is 1. The molecule has 0 spiro atoms. The van der Waals surface area contributed by atoms with Crippen molar-refractivity contribution in [3.63, 3.8) is 0 Å². The summed E-state index contributed by atoms with van der Waals surface area (Å²) in [5.74, 6) is -21.5. The zero-order chi connectivity index (χ0) is 30.6. The van der Waals surface area contributed by atoms with Crippen molar-refractivity contribution in [3.05, 3.63) is 64.5 Å². The maximum absolute atomic E-state index is 15.0. The Balaban J connectivity index is 1.62. The first kappa shape index (κ1) is 28.4. The van der Waals surface area contributed by atoms with Crippen LogP contribution < -0.4 is 15.0 Å². The first-order valence-corrected chi connectivity index (χ1v) is 13.2. The van der Waals surface area contributed by atoms with Gasteiger partial charge in [0, 0.05) is 5.92 Å². The number of halogens is 7. The molecule has 220 valence electrons. The summed E-state index contributed by atoms with van der Waals surface area (Å²) in [5.41, 5.74) is -1.48. The summed E-state index contributed by atoms with van der Waals surface area (Å²) in [6.07, 6.45) is 0.965. The molecule has 0 unspecified atom stereocenters. The van der Waals surface area contributed by atoms with E-state index in [1.54, 1.807) is 6.08 Å². The number of nitrogens with one attached hydrogen (secondary N) is 1. The fourth-order valence-corrected chi connectivity index (χ4v) is 7.66. The standard InChI is InChI=1S/C27H17Cl2F5N2O6/c1-42-13-6-8(2-5-12(13)37)15-9-3-4-10-14(23(39)35-22(10)38)11(9)7-26(28)24(40)36(25(41)27(15,26)29)21-19(33)17(31)16(30)18(32)20(21)34/h2-3,5-6,10-11,14-15,37H,4,7H2,1H3,(H,35,38,39)/t10-,11+,14-,15-,26+,27-/m0/s1. The van der Waals surface area contributed by atoms with Crippen LogP contribution in [0.2, 0.25) is 0 Å². The molecule has 6 atom stereocenters. The van der Waals surface area contributed by atoms with E-state index in [-0.39, 0.29) is 34.0 Å². The number of carbonyl (C=O) groups excluding carboxylic acids is 4. The van der Waals surface area contributed by atoms with E-state index in [1.807, 2.05) is 0 Å². The molecule has 4 aliphatic rings. The van der Waals surface area contributed by atoms with Crippen LogP contribution in [-0.2, 0) is 19.2 Å². The van der Waals surface area contributed by atoms with Gasteiger partial charge in [0.2, 0.25) is 17.6 Å². The molecule has 15 heteroatoms. The van der Waals surface area contributed by atoms with Crippen molar-refractivity contribution in [2.24, 2.45) is 17.8 Å². The number of hydrogen-bond donors (Lipinski definition) is 2. The van der Waals surface area contributed by atoms with Crippen LogP contribution in [-0.4, -0.2) is 45.6 Å². The summed E-state index contributed by atoms with van der Waals surface area (Å²) in [4.78, 5) is 47.9. The zero-order valence-corrected chi connectivity index (χ0v) is 22.6. The Labute approximate surface area is 243 Å². The number of alkyl halides is 2. The molecule has 0 aromatic heterocycles. The third-order valence-corrected chi connectivity index (χ3v) is 10.0. The van der Waals surface area contributed by atoms with Crippen LogP contribution in [0, 0.1) is 46.8 Å². The second kappa shape index (κ2) is 9.14. The number of allylic oxidation sites excluding steroid dienone is 2. The minimum atomic E-state index is -2.65. The molecule has 2 aliphatic carbocycles. The monoisotopic (exact) mass is 630 g/mol. The van der Waals surface area contributed by atoms with Gasteiger partial charge in [0.25, 0.3) is 11.8 Å². The average molecular weight is 631 g/mol.